The summed E-state index contributed by atoms with van der Waals surface area (Å²) in [4.78, 5) is 2.34. The van der Waals surface area contributed by atoms with Gasteiger partial charge in [-0.3, -0.25) is 0 Å². The van der Waals surface area contributed by atoms with E-state index in [1.165, 1.54) is 33.5 Å². The van der Waals surface area contributed by atoms with Crippen molar-refractivity contribution in [1.82, 2.24) is 0 Å². The topological polar surface area (TPSA) is 3.24 Å². The Morgan fingerprint density at radius 2 is 1.29 bits per heavy atom. The van der Waals surface area contributed by atoms with Gasteiger partial charge < -0.3 is 4.90 Å². The summed E-state index contributed by atoms with van der Waals surface area (Å²) in [5.41, 5.74) is 10.8. The fourth-order valence-corrected chi connectivity index (χ4v) is 3.97. The average Bonchev–Trinajstić information content (AvgIpc) is 2.81. The molecule has 1 nitrogen and oxygen atoms in total. The van der Waals surface area contributed by atoms with Crippen molar-refractivity contribution >= 4 is 22.6 Å². The van der Waals surface area contributed by atoms with Crippen molar-refractivity contribution < 1.29 is 0 Å². The number of nitrogens with zero attached hydrogens (tertiary/aromatic N) is 1. The molecule has 0 unspecified atom stereocenters. The van der Waals surface area contributed by atoms with Gasteiger partial charge in [0.25, 0.3) is 0 Å². The van der Waals surface area contributed by atoms with Crippen LogP contribution in [-0.4, -0.2) is 0 Å². The molecule has 0 heterocycles. The molecule has 0 saturated carbocycles. The lowest BCUT2D eigenvalue weighted by atomic mass is 10.0. The van der Waals surface area contributed by atoms with Crippen LogP contribution < -0.4 is 4.90 Å². The minimum absolute atomic E-state index is 0.959. The smallest absolute Gasteiger partial charge is 0.0490 e. The van der Waals surface area contributed by atoms with Crippen molar-refractivity contribution in [2.45, 2.75) is 27.2 Å². The van der Waals surface area contributed by atoms with Crippen LogP contribution in [0.3, 0.4) is 0 Å². The lowest BCUT2D eigenvalue weighted by Crippen LogP contribution is -2.11. The van der Waals surface area contributed by atoms with E-state index in [-0.39, 0.29) is 0 Å². The van der Waals surface area contributed by atoms with Gasteiger partial charge in [0.05, 0.1) is 0 Å². The summed E-state index contributed by atoms with van der Waals surface area (Å²) in [7, 11) is 0. The van der Waals surface area contributed by atoms with Crippen LogP contribution in [0.25, 0.3) is 16.7 Å². The second-order valence-electron chi connectivity index (χ2n) is 8.04. The van der Waals surface area contributed by atoms with Crippen molar-refractivity contribution in [2.75, 3.05) is 4.90 Å². The average molecular weight is 404 g/mol. The Morgan fingerprint density at radius 1 is 0.710 bits per heavy atom. The first kappa shape index (κ1) is 20.7. The van der Waals surface area contributed by atoms with Crippen LogP contribution in [0.2, 0.25) is 0 Å². The fraction of sp³-hybridized carbons (Fsp3) is 0.133. The van der Waals surface area contributed by atoms with Crippen molar-refractivity contribution in [3.05, 3.63) is 120 Å². The molecule has 0 aliphatic heterocycles. The minimum Gasteiger partial charge on any atom is -0.310 e. The van der Waals surface area contributed by atoms with Gasteiger partial charge in [-0.25, -0.2) is 0 Å². The molecule has 0 bridgehead atoms. The van der Waals surface area contributed by atoms with Crippen molar-refractivity contribution in [3.63, 3.8) is 0 Å². The third-order valence-corrected chi connectivity index (χ3v) is 5.79. The Labute approximate surface area is 186 Å². The third-order valence-electron chi connectivity index (χ3n) is 5.79. The zero-order chi connectivity index (χ0) is 21.8. The maximum atomic E-state index is 4.18. The molecule has 0 aliphatic carbocycles. The maximum Gasteiger partial charge on any atom is 0.0490 e. The van der Waals surface area contributed by atoms with Crippen molar-refractivity contribution in [1.29, 1.82) is 0 Å². The molecular weight excluding hydrogens is 374 g/mol. The second kappa shape index (κ2) is 9.06. The van der Waals surface area contributed by atoms with Crippen LogP contribution in [0.15, 0.2) is 104 Å². The van der Waals surface area contributed by atoms with Gasteiger partial charge in [0, 0.05) is 17.1 Å². The van der Waals surface area contributed by atoms with Crippen LogP contribution in [0.1, 0.15) is 30.0 Å². The molecule has 0 radical (unpaired) electrons. The van der Waals surface area contributed by atoms with Crippen molar-refractivity contribution in [2.24, 2.45) is 0 Å². The van der Waals surface area contributed by atoms with Gasteiger partial charge in [0.2, 0.25) is 0 Å². The predicted molar refractivity (Wildman–Crippen MR) is 135 cm³/mol. The van der Waals surface area contributed by atoms with E-state index >= 15 is 0 Å². The molecule has 0 aliphatic rings. The van der Waals surface area contributed by atoms with Crippen LogP contribution in [0, 0.1) is 13.8 Å². The molecule has 4 rings (SSSR count). The number of allylic oxidation sites excluding steroid dienone is 1. The summed E-state index contributed by atoms with van der Waals surface area (Å²) in [5, 5.41) is 0. The summed E-state index contributed by atoms with van der Waals surface area (Å²) >= 11 is 0. The minimum atomic E-state index is 0.959. The fourth-order valence-electron chi connectivity index (χ4n) is 3.97. The molecule has 154 valence electrons. The lowest BCUT2D eigenvalue weighted by molar-refractivity contribution is 1.22. The van der Waals surface area contributed by atoms with Gasteiger partial charge in [0.1, 0.15) is 0 Å². The number of benzene rings is 4. The van der Waals surface area contributed by atoms with Gasteiger partial charge in [0.15, 0.2) is 0 Å². The first-order valence-electron chi connectivity index (χ1n) is 10.9. The van der Waals surface area contributed by atoms with Gasteiger partial charge >= 0.3 is 0 Å². The van der Waals surface area contributed by atoms with Crippen molar-refractivity contribution in [3.8, 4) is 11.1 Å². The molecule has 0 saturated heterocycles. The van der Waals surface area contributed by atoms with E-state index in [1.807, 2.05) is 0 Å². The summed E-state index contributed by atoms with van der Waals surface area (Å²) in [5.74, 6) is 0. The Bertz CT molecular complexity index is 1170. The predicted octanol–water partition coefficient (Wildman–Crippen LogP) is 8.86. The number of anilines is 3. The summed E-state index contributed by atoms with van der Waals surface area (Å²) < 4.78 is 0. The largest absolute Gasteiger partial charge is 0.310 e. The van der Waals surface area contributed by atoms with E-state index in [1.54, 1.807) is 0 Å². The maximum absolute atomic E-state index is 4.18. The molecule has 0 N–H and O–H groups in total. The Morgan fingerprint density at radius 3 is 1.87 bits per heavy atom. The third kappa shape index (κ3) is 4.46. The highest BCUT2D eigenvalue weighted by Gasteiger charge is 2.15. The van der Waals surface area contributed by atoms with Crippen LogP contribution in [-0.2, 0) is 0 Å². The van der Waals surface area contributed by atoms with E-state index in [2.05, 4.69) is 129 Å². The molecule has 0 atom stereocenters. The van der Waals surface area contributed by atoms with E-state index < -0.39 is 0 Å². The SMILES string of the molecule is C=C(CC)c1ccc(N(c2ccc(-c3ccccc3)cc2)c2ccc(C)cc2C)cc1. The van der Waals surface area contributed by atoms with Crippen LogP contribution in [0.5, 0.6) is 0 Å². The van der Waals surface area contributed by atoms with E-state index in [9.17, 15) is 0 Å². The zero-order valence-electron chi connectivity index (χ0n) is 18.6. The monoisotopic (exact) mass is 403 g/mol. The molecule has 0 spiro atoms. The van der Waals surface area contributed by atoms with Gasteiger partial charge in [-0.15, -0.1) is 0 Å². The van der Waals surface area contributed by atoms with Crippen LogP contribution >= 0.6 is 0 Å². The molecular formula is C30H29N. The second-order valence-corrected chi connectivity index (χ2v) is 8.04. The summed E-state index contributed by atoms with van der Waals surface area (Å²) in [6, 6.07) is 34.7. The molecule has 4 aromatic rings. The molecule has 0 aromatic heterocycles. The van der Waals surface area contributed by atoms with E-state index in [4.69, 9.17) is 0 Å². The first-order chi connectivity index (χ1) is 15.1. The number of rotatable bonds is 6. The zero-order valence-corrected chi connectivity index (χ0v) is 18.6. The van der Waals surface area contributed by atoms with Crippen LogP contribution in [0.4, 0.5) is 17.1 Å². The summed E-state index contributed by atoms with van der Waals surface area (Å²) in [6.07, 6.45) is 0.959. The molecule has 0 amide bonds. The van der Waals surface area contributed by atoms with Gasteiger partial charge in [-0.1, -0.05) is 85.8 Å². The van der Waals surface area contributed by atoms with E-state index in [0.717, 1.165) is 23.4 Å². The highest BCUT2D eigenvalue weighted by molar-refractivity contribution is 5.80. The lowest BCUT2D eigenvalue weighted by Gasteiger charge is -2.27. The molecule has 0 fully saturated rings. The standard InChI is InChI=1S/C30H29N/c1-5-23(3)25-12-16-28(17-13-25)31(30-20-11-22(2)21-24(30)4)29-18-14-27(15-19-29)26-9-7-6-8-10-26/h6-21H,3,5H2,1-2,4H3. The number of hydrogen-bond donors (Lipinski definition) is 0. The Kier molecular flexibility index (Phi) is 6.04. The Hall–Kier alpha value is -3.58. The van der Waals surface area contributed by atoms with E-state index in [0.29, 0.717) is 0 Å². The summed E-state index contributed by atoms with van der Waals surface area (Å²) in [6.45, 7) is 10.6. The Balaban J connectivity index is 1.78. The number of aryl methyl sites for hydroxylation is 2. The van der Waals surface area contributed by atoms with Gasteiger partial charge in [-0.05, 0) is 78.4 Å². The molecule has 1 heteroatoms. The first-order valence-corrected chi connectivity index (χ1v) is 10.9. The molecule has 31 heavy (non-hydrogen) atoms. The number of hydrogen-bond acceptors (Lipinski definition) is 1. The van der Waals surface area contributed by atoms with Gasteiger partial charge in [-0.2, -0.15) is 0 Å². The highest BCUT2D eigenvalue weighted by Crippen LogP contribution is 2.38. The molecule has 4 aromatic carbocycles. The quantitative estimate of drug-likeness (QED) is 0.311. The highest BCUT2D eigenvalue weighted by atomic mass is 15.1. The normalized spacial score (nSPS) is 10.7.